The second kappa shape index (κ2) is 66.0. The Morgan fingerprint density at radius 3 is 0.817 bits per heavy atom. The highest BCUT2D eigenvalue weighted by Gasteiger charge is 2.30. The zero-order valence-corrected chi connectivity index (χ0v) is 62.3. The fraction of sp³-hybridized carbons (Fsp3) is 0.946. The molecule has 3 unspecified atom stereocenters. The zero-order chi connectivity index (χ0) is 68.6. The van der Waals surface area contributed by atoms with Crippen molar-refractivity contribution in [2.75, 3.05) is 39.6 Å². The number of aliphatic hydroxyl groups is 1. The van der Waals surface area contributed by atoms with Crippen LogP contribution >= 0.6 is 15.6 Å². The number of rotatable bonds is 73. The second-order valence-electron chi connectivity index (χ2n) is 27.4. The van der Waals surface area contributed by atoms with Crippen molar-refractivity contribution in [2.45, 2.75) is 400 Å². The molecule has 19 heteroatoms. The molecule has 0 aromatic carbocycles. The molecule has 0 amide bonds. The van der Waals surface area contributed by atoms with Gasteiger partial charge in [-0.3, -0.25) is 37.3 Å². The number of phosphoric acid groups is 2. The summed E-state index contributed by atoms with van der Waals surface area (Å²) in [4.78, 5) is 72.6. The van der Waals surface area contributed by atoms with Crippen LogP contribution in [-0.2, 0) is 65.4 Å². The van der Waals surface area contributed by atoms with Crippen LogP contribution in [0.2, 0.25) is 0 Å². The largest absolute Gasteiger partial charge is 0.472 e. The van der Waals surface area contributed by atoms with Gasteiger partial charge in [-0.1, -0.05) is 330 Å². The molecule has 93 heavy (non-hydrogen) atoms. The van der Waals surface area contributed by atoms with Crippen molar-refractivity contribution in [1.29, 1.82) is 0 Å². The van der Waals surface area contributed by atoms with Gasteiger partial charge in [0.05, 0.1) is 26.4 Å². The molecule has 0 heterocycles. The first kappa shape index (κ1) is 91.1. The Kier molecular flexibility index (Phi) is 64.6. The summed E-state index contributed by atoms with van der Waals surface area (Å²) in [5, 5.41) is 10.6. The summed E-state index contributed by atoms with van der Waals surface area (Å²) >= 11 is 0. The zero-order valence-electron chi connectivity index (χ0n) is 60.6. The second-order valence-corrected chi connectivity index (χ2v) is 30.3. The summed E-state index contributed by atoms with van der Waals surface area (Å²) < 4.78 is 68.4. The molecule has 0 radical (unpaired) electrons. The van der Waals surface area contributed by atoms with E-state index in [4.69, 9.17) is 37.0 Å². The fourth-order valence-corrected chi connectivity index (χ4v) is 12.8. The van der Waals surface area contributed by atoms with Crippen LogP contribution in [0.1, 0.15) is 382 Å². The van der Waals surface area contributed by atoms with E-state index in [2.05, 4.69) is 41.5 Å². The number of hydrogen-bond acceptors (Lipinski definition) is 15. The van der Waals surface area contributed by atoms with E-state index in [-0.39, 0.29) is 25.7 Å². The number of carbonyl (C=O) groups is 4. The van der Waals surface area contributed by atoms with Gasteiger partial charge in [-0.2, -0.15) is 0 Å². The summed E-state index contributed by atoms with van der Waals surface area (Å²) in [5.41, 5.74) is 0. The molecular formula is C74H144O17P2. The highest BCUT2D eigenvalue weighted by molar-refractivity contribution is 7.47. The van der Waals surface area contributed by atoms with Gasteiger partial charge >= 0.3 is 39.5 Å². The van der Waals surface area contributed by atoms with Crippen molar-refractivity contribution >= 4 is 39.5 Å². The maximum Gasteiger partial charge on any atom is 0.472 e. The van der Waals surface area contributed by atoms with Crippen molar-refractivity contribution in [3.63, 3.8) is 0 Å². The normalized spacial score (nSPS) is 14.3. The first-order chi connectivity index (χ1) is 44.9. The number of carbonyl (C=O) groups excluding carboxylic acids is 4. The van der Waals surface area contributed by atoms with Crippen LogP contribution in [0.15, 0.2) is 0 Å². The topological polar surface area (TPSA) is 237 Å². The molecule has 6 atom stereocenters. The lowest BCUT2D eigenvalue weighted by Gasteiger charge is -2.21. The Morgan fingerprint density at radius 2 is 0.548 bits per heavy atom. The van der Waals surface area contributed by atoms with Crippen molar-refractivity contribution in [1.82, 2.24) is 0 Å². The SMILES string of the molecule is CCCCCCCCCCCCC(=O)O[C@H](COC(=O)CCCCCCCCCCC)COP(=O)(O)OC[C@H](O)COP(=O)(O)OC[C@@H](COC(=O)CCCCCCCCCCCCCCCC(C)C)OC(=O)CCCCCCCCCCCCCCCCC(C)CC. The molecule has 0 aromatic heterocycles. The minimum absolute atomic E-state index is 0.106. The number of ether oxygens (including phenoxy) is 4. The molecule has 0 aliphatic carbocycles. The van der Waals surface area contributed by atoms with Crippen LogP contribution in [0.3, 0.4) is 0 Å². The van der Waals surface area contributed by atoms with Crippen molar-refractivity contribution in [3.05, 3.63) is 0 Å². The summed E-state index contributed by atoms with van der Waals surface area (Å²) in [6.07, 6.45) is 52.6. The van der Waals surface area contributed by atoms with E-state index in [9.17, 15) is 43.2 Å². The van der Waals surface area contributed by atoms with Crippen LogP contribution < -0.4 is 0 Å². The van der Waals surface area contributed by atoms with Gasteiger partial charge in [-0.05, 0) is 37.5 Å². The third-order valence-corrected chi connectivity index (χ3v) is 19.5. The van der Waals surface area contributed by atoms with Gasteiger partial charge < -0.3 is 33.8 Å². The first-order valence-corrected chi connectivity index (χ1v) is 41.5. The summed E-state index contributed by atoms with van der Waals surface area (Å²) in [5.74, 6) is -0.482. The van der Waals surface area contributed by atoms with Gasteiger partial charge in [-0.25, -0.2) is 9.13 Å². The third-order valence-electron chi connectivity index (χ3n) is 17.6. The minimum Gasteiger partial charge on any atom is -0.462 e. The monoisotopic (exact) mass is 1370 g/mol. The average Bonchev–Trinajstić information content (AvgIpc) is 2.78. The van der Waals surface area contributed by atoms with Crippen LogP contribution in [-0.4, -0.2) is 96.7 Å². The third kappa shape index (κ3) is 67.0. The van der Waals surface area contributed by atoms with Crippen LogP contribution in [0, 0.1) is 11.8 Å². The molecule has 0 saturated heterocycles. The van der Waals surface area contributed by atoms with E-state index in [1.165, 1.54) is 199 Å². The highest BCUT2D eigenvalue weighted by Crippen LogP contribution is 2.45. The molecule has 552 valence electrons. The molecular weight excluding hydrogens is 1220 g/mol. The van der Waals surface area contributed by atoms with Crippen LogP contribution in [0.4, 0.5) is 0 Å². The highest BCUT2D eigenvalue weighted by atomic mass is 31.2. The van der Waals surface area contributed by atoms with Crippen molar-refractivity contribution in [2.24, 2.45) is 11.8 Å². The predicted octanol–water partition coefficient (Wildman–Crippen LogP) is 21.6. The number of aliphatic hydroxyl groups excluding tert-OH is 1. The van der Waals surface area contributed by atoms with Crippen LogP contribution in [0.5, 0.6) is 0 Å². The molecule has 0 bridgehead atoms. The quantitative estimate of drug-likeness (QED) is 0.0222. The Bertz CT molecular complexity index is 1810. The van der Waals surface area contributed by atoms with Gasteiger partial charge in [0, 0.05) is 25.7 Å². The Labute approximate surface area is 568 Å². The number of hydrogen-bond donors (Lipinski definition) is 3. The summed E-state index contributed by atoms with van der Waals surface area (Å²) in [6, 6.07) is 0. The Morgan fingerprint density at radius 1 is 0.312 bits per heavy atom. The van der Waals surface area contributed by atoms with E-state index in [1.54, 1.807) is 0 Å². The molecule has 0 fully saturated rings. The van der Waals surface area contributed by atoms with Gasteiger partial charge in [0.1, 0.15) is 19.3 Å². The fourth-order valence-electron chi connectivity index (χ4n) is 11.3. The molecule has 0 aromatic rings. The van der Waals surface area contributed by atoms with E-state index in [0.29, 0.717) is 25.7 Å². The maximum absolute atomic E-state index is 13.1. The lowest BCUT2D eigenvalue weighted by Crippen LogP contribution is -2.30. The van der Waals surface area contributed by atoms with Crippen molar-refractivity contribution < 1.29 is 80.2 Å². The van der Waals surface area contributed by atoms with Crippen molar-refractivity contribution in [3.8, 4) is 0 Å². The lowest BCUT2D eigenvalue weighted by molar-refractivity contribution is -0.161. The molecule has 17 nitrogen and oxygen atoms in total. The van der Waals surface area contributed by atoms with E-state index in [0.717, 1.165) is 102 Å². The minimum atomic E-state index is -4.96. The molecule has 0 saturated carbocycles. The van der Waals surface area contributed by atoms with E-state index >= 15 is 0 Å². The molecule has 0 spiro atoms. The van der Waals surface area contributed by atoms with Gasteiger partial charge in [-0.15, -0.1) is 0 Å². The number of esters is 4. The Balaban J connectivity index is 5.21. The lowest BCUT2D eigenvalue weighted by atomic mass is 9.99. The average molecular weight is 1370 g/mol. The number of phosphoric ester groups is 2. The molecule has 0 rings (SSSR count). The molecule has 3 N–H and O–H groups in total. The van der Waals surface area contributed by atoms with Gasteiger partial charge in [0.15, 0.2) is 12.2 Å². The van der Waals surface area contributed by atoms with E-state index < -0.39 is 97.5 Å². The van der Waals surface area contributed by atoms with Crippen LogP contribution in [0.25, 0.3) is 0 Å². The maximum atomic E-state index is 13.1. The predicted molar refractivity (Wildman–Crippen MR) is 377 cm³/mol. The number of unbranched alkanes of at least 4 members (excludes halogenated alkanes) is 42. The summed E-state index contributed by atoms with van der Waals surface area (Å²) in [7, 11) is -9.90. The first-order valence-electron chi connectivity index (χ1n) is 38.5. The van der Waals surface area contributed by atoms with E-state index in [1.807, 2.05) is 0 Å². The standard InChI is InChI=1S/C74H144O17P2/c1-7-10-12-14-16-18-33-40-46-52-58-73(78)90-69(62-84-71(76)56-50-44-38-30-17-15-13-11-8-2)64-88-92(80,81)86-60-68(75)61-87-93(82,83)89-65-70(63-85-72(77)57-51-45-39-34-28-25-21-22-26-31-36-42-48-54-66(4)5)91-74(79)59-53-47-41-35-29-24-20-19-23-27-32-37-43-49-55-67(6)9-3/h66-70,75H,7-65H2,1-6H3,(H,80,81)(H,82,83)/t67?,68-,69+,70+/m0/s1. The van der Waals surface area contributed by atoms with Gasteiger partial charge in [0.25, 0.3) is 0 Å². The molecule has 0 aliphatic heterocycles. The smallest absolute Gasteiger partial charge is 0.462 e. The Hall–Kier alpha value is -1.94. The summed E-state index contributed by atoms with van der Waals surface area (Å²) in [6.45, 7) is 9.63. The van der Waals surface area contributed by atoms with Gasteiger partial charge in [0.2, 0.25) is 0 Å². The molecule has 0 aliphatic rings.